The number of ketones is 1. The number of carbonyl (C=O) groups excluding carboxylic acids is 2. The van der Waals surface area contributed by atoms with Crippen molar-refractivity contribution in [1.29, 1.82) is 0 Å². The van der Waals surface area contributed by atoms with Gasteiger partial charge in [0.05, 0.1) is 11.9 Å². The maximum Gasteiger partial charge on any atom is 0.217 e. The molecule has 3 heterocycles. The van der Waals surface area contributed by atoms with Gasteiger partial charge in [0.1, 0.15) is 5.82 Å². The number of benzene rings is 1. The van der Waals surface area contributed by atoms with Crippen molar-refractivity contribution < 1.29 is 18.4 Å². The van der Waals surface area contributed by atoms with Gasteiger partial charge in [-0.2, -0.15) is 5.10 Å². The molecule has 6 rings (SSSR count). The Morgan fingerprint density at radius 3 is 2.51 bits per heavy atom. The molecule has 3 aliphatic rings. The van der Waals surface area contributed by atoms with Crippen LogP contribution >= 0.6 is 0 Å². The van der Waals surface area contributed by atoms with Crippen molar-refractivity contribution in [2.75, 3.05) is 5.32 Å². The summed E-state index contributed by atoms with van der Waals surface area (Å²) in [4.78, 5) is 27.5. The average molecular weight is 532 g/mol. The van der Waals surface area contributed by atoms with Gasteiger partial charge in [-0.05, 0) is 60.4 Å². The molecule has 1 atom stereocenters. The standard InChI is InChI=1S/C25H22F2N4O.C5H9NO/c1-25(2)10-21-23(22(32)11-25)17(18-13-29-31-24(18)30-21)7-6-16-5-3-15(12-28-16)14-4-8-19(26)20(27)9-14;6-5(7)3-4-1-2-4/h3-9,12-13,17H,10-11H2,1-2H3,(H2,29,30,31);4H,1-3H2,(H2,6,7)/b7-6+;. The fourth-order valence-corrected chi connectivity index (χ4v) is 5.10. The van der Waals surface area contributed by atoms with Gasteiger partial charge in [-0.3, -0.25) is 19.7 Å². The van der Waals surface area contributed by atoms with Crippen LogP contribution in [-0.2, 0) is 9.59 Å². The summed E-state index contributed by atoms with van der Waals surface area (Å²) in [5.74, 6) is -0.525. The molecule has 2 aromatic heterocycles. The highest BCUT2D eigenvalue weighted by molar-refractivity contribution is 6.01. The zero-order valence-electron chi connectivity index (χ0n) is 21.9. The minimum atomic E-state index is -0.891. The van der Waals surface area contributed by atoms with Crippen LogP contribution in [0.5, 0.6) is 0 Å². The van der Waals surface area contributed by atoms with E-state index >= 15 is 0 Å². The third-order valence-electron chi connectivity index (χ3n) is 7.20. The van der Waals surface area contributed by atoms with Gasteiger partial charge < -0.3 is 11.1 Å². The van der Waals surface area contributed by atoms with Crippen molar-refractivity contribution in [3.63, 3.8) is 0 Å². The zero-order chi connectivity index (χ0) is 27.7. The number of allylic oxidation sites excluding steroid dienone is 3. The van der Waals surface area contributed by atoms with Crippen molar-refractivity contribution in [2.45, 2.75) is 51.9 Å². The minimum absolute atomic E-state index is 0.0913. The topological polar surface area (TPSA) is 114 Å². The Morgan fingerprint density at radius 1 is 1.10 bits per heavy atom. The molecule has 0 saturated heterocycles. The molecule has 0 bridgehead atoms. The molecule has 1 fully saturated rings. The highest BCUT2D eigenvalue weighted by Crippen LogP contribution is 2.46. The van der Waals surface area contributed by atoms with Crippen molar-refractivity contribution in [3.05, 3.63) is 83.0 Å². The number of amides is 1. The summed E-state index contributed by atoms with van der Waals surface area (Å²) in [5.41, 5.74) is 9.40. The molecule has 1 saturated carbocycles. The predicted octanol–water partition coefficient (Wildman–Crippen LogP) is 5.89. The molecule has 4 N–H and O–H groups in total. The van der Waals surface area contributed by atoms with Gasteiger partial charge in [-0.25, -0.2) is 8.78 Å². The van der Waals surface area contributed by atoms with E-state index in [-0.39, 0.29) is 23.0 Å². The predicted molar refractivity (Wildman–Crippen MR) is 145 cm³/mol. The number of nitrogens with zero attached hydrogens (tertiary/aromatic N) is 2. The number of primary amides is 1. The number of pyridine rings is 1. The Bertz CT molecular complexity index is 1470. The number of nitrogens with two attached hydrogens (primary N) is 1. The normalized spacial score (nSPS) is 19.6. The molecule has 0 spiro atoms. The Kier molecular flexibility index (Phi) is 7.16. The summed E-state index contributed by atoms with van der Waals surface area (Å²) in [6.07, 6.45) is 11.5. The molecular formula is C30H31F2N5O2. The van der Waals surface area contributed by atoms with Crippen LogP contribution < -0.4 is 11.1 Å². The molecule has 1 amide bonds. The number of halogens is 2. The monoisotopic (exact) mass is 531 g/mol. The quantitative estimate of drug-likeness (QED) is 0.380. The second-order valence-electron chi connectivity index (χ2n) is 11.2. The first-order chi connectivity index (χ1) is 18.6. The van der Waals surface area contributed by atoms with E-state index in [2.05, 4.69) is 34.3 Å². The molecule has 39 heavy (non-hydrogen) atoms. The number of nitrogens with one attached hydrogen (secondary N) is 2. The van der Waals surface area contributed by atoms with Crippen LogP contribution in [0.4, 0.5) is 14.6 Å². The lowest BCUT2D eigenvalue weighted by atomic mass is 9.71. The van der Waals surface area contributed by atoms with Crippen LogP contribution in [0.1, 0.15) is 63.1 Å². The van der Waals surface area contributed by atoms with E-state index in [0.29, 0.717) is 35.6 Å². The summed E-state index contributed by atoms with van der Waals surface area (Å²) < 4.78 is 26.7. The Morgan fingerprint density at radius 2 is 1.87 bits per heavy atom. The van der Waals surface area contributed by atoms with Gasteiger partial charge in [0.25, 0.3) is 0 Å². The van der Waals surface area contributed by atoms with Crippen LogP contribution in [0.2, 0.25) is 0 Å². The van der Waals surface area contributed by atoms with Gasteiger partial charge in [0.15, 0.2) is 17.4 Å². The van der Waals surface area contributed by atoms with Gasteiger partial charge >= 0.3 is 0 Å². The Hall–Kier alpha value is -4.14. The van der Waals surface area contributed by atoms with Crippen LogP contribution in [0, 0.1) is 23.0 Å². The zero-order valence-corrected chi connectivity index (χ0v) is 21.9. The molecule has 202 valence electrons. The van der Waals surface area contributed by atoms with E-state index in [4.69, 9.17) is 5.73 Å². The van der Waals surface area contributed by atoms with E-state index in [1.165, 1.54) is 18.9 Å². The summed E-state index contributed by atoms with van der Waals surface area (Å²) in [7, 11) is 0. The van der Waals surface area contributed by atoms with E-state index in [1.54, 1.807) is 12.4 Å². The maximum atomic E-state index is 13.5. The molecule has 9 heteroatoms. The first-order valence-corrected chi connectivity index (χ1v) is 13.0. The number of carbonyl (C=O) groups is 2. The van der Waals surface area contributed by atoms with Crippen molar-refractivity contribution in [1.82, 2.24) is 15.2 Å². The smallest absolute Gasteiger partial charge is 0.217 e. The van der Waals surface area contributed by atoms with E-state index in [1.807, 2.05) is 24.3 Å². The molecule has 1 aromatic carbocycles. The Labute approximate surface area is 225 Å². The lowest BCUT2D eigenvalue weighted by molar-refractivity contribution is -0.119. The fourth-order valence-electron chi connectivity index (χ4n) is 5.10. The molecule has 1 unspecified atom stereocenters. The first kappa shape index (κ1) is 26.5. The SMILES string of the molecule is CC1(C)CC(=O)C2=C(C1)Nc1[nH]ncc1C2/C=C/c1ccc(-c2ccc(F)c(F)c2)cn1.NC(=O)CC1CC1. The largest absolute Gasteiger partial charge is 0.370 e. The molecule has 2 aliphatic carbocycles. The fraction of sp³-hybridized carbons (Fsp3) is 0.333. The van der Waals surface area contributed by atoms with Gasteiger partial charge in [0.2, 0.25) is 5.91 Å². The summed E-state index contributed by atoms with van der Waals surface area (Å²) in [6.45, 7) is 4.20. The van der Waals surface area contributed by atoms with Crippen LogP contribution in [0.25, 0.3) is 17.2 Å². The maximum absolute atomic E-state index is 13.5. The molecule has 7 nitrogen and oxygen atoms in total. The van der Waals surface area contributed by atoms with Gasteiger partial charge in [0, 0.05) is 47.4 Å². The van der Waals surface area contributed by atoms with Crippen molar-refractivity contribution >= 4 is 23.6 Å². The minimum Gasteiger partial charge on any atom is -0.370 e. The van der Waals surface area contributed by atoms with Crippen LogP contribution in [-0.4, -0.2) is 26.9 Å². The number of hydrogen-bond donors (Lipinski definition) is 3. The van der Waals surface area contributed by atoms with Crippen molar-refractivity contribution in [2.24, 2.45) is 17.1 Å². The Balaban J connectivity index is 0.000000384. The number of rotatable bonds is 5. The highest BCUT2D eigenvalue weighted by Gasteiger charge is 2.39. The summed E-state index contributed by atoms with van der Waals surface area (Å²) >= 11 is 0. The second-order valence-corrected chi connectivity index (χ2v) is 11.2. The summed E-state index contributed by atoms with van der Waals surface area (Å²) in [5, 5.41) is 10.5. The third kappa shape index (κ3) is 6.13. The number of aromatic amines is 1. The summed E-state index contributed by atoms with van der Waals surface area (Å²) in [6, 6.07) is 7.40. The number of aromatic nitrogens is 3. The molecule has 0 radical (unpaired) electrons. The van der Waals surface area contributed by atoms with Gasteiger partial charge in [-0.15, -0.1) is 0 Å². The molecule has 1 aliphatic heterocycles. The third-order valence-corrected chi connectivity index (χ3v) is 7.20. The van der Waals surface area contributed by atoms with Crippen LogP contribution in [0.3, 0.4) is 0 Å². The van der Waals surface area contributed by atoms with E-state index in [9.17, 15) is 18.4 Å². The van der Waals surface area contributed by atoms with Crippen molar-refractivity contribution in [3.8, 4) is 11.1 Å². The number of Topliss-reactive ketones (excluding diaryl/α,β-unsaturated/α-hetero) is 1. The first-order valence-electron chi connectivity index (χ1n) is 13.0. The van der Waals surface area contributed by atoms with Gasteiger partial charge in [-0.1, -0.05) is 32.1 Å². The number of anilines is 1. The molecular weight excluding hydrogens is 500 g/mol. The number of fused-ring (bicyclic) bond motifs is 1. The second kappa shape index (κ2) is 10.6. The lowest BCUT2D eigenvalue weighted by Gasteiger charge is -2.37. The van der Waals surface area contributed by atoms with Crippen LogP contribution in [0.15, 0.2) is 60.1 Å². The average Bonchev–Trinajstić information content (AvgIpc) is 3.55. The number of H-pyrrole nitrogens is 1. The van der Waals surface area contributed by atoms with E-state index < -0.39 is 11.6 Å². The van der Waals surface area contributed by atoms with E-state index in [0.717, 1.165) is 41.2 Å². The number of hydrogen-bond acceptors (Lipinski definition) is 5. The molecule has 3 aromatic rings. The lowest BCUT2D eigenvalue weighted by Crippen LogP contribution is -2.32. The highest BCUT2D eigenvalue weighted by atomic mass is 19.2.